The molecule has 0 heterocycles. The van der Waals surface area contributed by atoms with Gasteiger partial charge in [-0.25, -0.2) is 0 Å². The lowest BCUT2D eigenvalue weighted by Gasteiger charge is -2.21. The zero-order chi connectivity index (χ0) is 10.0. The van der Waals surface area contributed by atoms with Crippen molar-refractivity contribution < 1.29 is 0 Å². The van der Waals surface area contributed by atoms with Gasteiger partial charge in [-0.3, -0.25) is 0 Å². The van der Waals surface area contributed by atoms with Crippen LogP contribution in [0.5, 0.6) is 0 Å². The Balaban J connectivity index is 2.07. The van der Waals surface area contributed by atoms with Gasteiger partial charge >= 0.3 is 0 Å². The highest BCUT2D eigenvalue weighted by Crippen LogP contribution is 2.45. The molecule has 1 fully saturated rings. The number of rotatable bonds is 0. The molecule has 3 atom stereocenters. The molecule has 2 aliphatic rings. The molecule has 0 amide bonds. The quantitative estimate of drug-likeness (QED) is 0.494. The van der Waals surface area contributed by atoms with E-state index in [4.69, 9.17) is 0 Å². The summed E-state index contributed by atoms with van der Waals surface area (Å²) in [7, 11) is 0. The molecule has 0 N–H and O–H groups in total. The third-order valence-corrected chi connectivity index (χ3v) is 4.23. The largest absolute Gasteiger partial charge is 0.0851 e. The summed E-state index contributed by atoms with van der Waals surface area (Å²) in [4.78, 5) is 0. The Kier molecular flexibility index (Phi) is 2.99. The first-order chi connectivity index (χ1) is 6.68. The van der Waals surface area contributed by atoms with Crippen molar-refractivity contribution in [1.29, 1.82) is 0 Å². The van der Waals surface area contributed by atoms with E-state index in [2.05, 4.69) is 26.0 Å². The summed E-state index contributed by atoms with van der Waals surface area (Å²) < 4.78 is 0. The van der Waals surface area contributed by atoms with Crippen LogP contribution in [0.1, 0.15) is 58.8 Å². The molecule has 0 aliphatic heterocycles. The van der Waals surface area contributed by atoms with Crippen LogP contribution in [0.2, 0.25) is 0 Å². The summed E-state index contributed by atoms with van der Waals surface area (Å²) in [5.41, 5.74) is 0.552. The van der Waals surface area contributed by atoms with Crippen molar-refractivity contribution in [2.45, 2.75) is 58.8 Å². The van der Waals surface area contributed by atoms with Crippen molar-refractivity contribution in [2.75, 3.05) is 0 Å². The zero-order valence-electron chi connectivity index (χ0n) is 9.76. The van der Waals surface area contributed by atoms with Crippen molar-refractivity contribution in [3.8, 4) is 0 Å². The molecule has 2 rings (SSSR count). The minimum absolute atomic E-state index is 0.552. The van der Waals surface area contributed by atoms with Crippen LogP contribution in [-0.4, -0.2) is 0 Å². The monoisotopic (exact) mass is 192 g/mol. The minimum atomic E-state index is 0.552. The van der Waals surface area contributed by atoms with Gasteiger partial charge in [0.05, 0.1) is 0 Å². The average Bonchev–Trinajstić information content (AvgIpc) is 2.52. The Morgan fingerprint density at radius 3 is 2.79 bits per heavy atom. The second-order valence-corrected chi connectivity index (χ2v) is 5.88. The Morgan fingerprint density at radius 2 is 1.93 bits per heavy atom. The van der Waals surface area contributed by atoms with E-state index in [0.717, 1.165) is 11.8 Å². The molecule has 2 aliphatic carbocycles. The molecule has 0 aromatic rings. The van der Waals surface area contributed by atoms with Gasteiger partial charge in [0.15, 0.2) is 0 Å². The van der Waals surface area contributed by atoms with Gasteiger partial charge in [-0.15, -0.1) is 0 Å². The van der Waals surface area contributed by atoms with Gasteiger partial charge in [0.1, 0.15) is 0 Å². The fourth-order valence-electron chi connectivity index (χ4n) is 3.19. The van der Waals surface area contributed by atoms with E-state index in [9.17, 15) is 0 Å². The van der Waals surface area contributed by atoms with Crippen LogP contribution in [0, 0.1) is 17.3 Å². The lowest BCUT2D eigenvalue weighted by Crippen LogP contribution is -2.09. The maximum atomic E-state index is 2.53. The molecule has 0 spiro atoms. The highest BCUT2D eigenvalue weighted by Gasteiger charge is 2.32. The van der Waals surface area contributed by atoms with Crippen molar-refractivity contribution >= 4 is 0 Å². The zero-order valence-corrected chi connectivity index (χ0v) is 9.76. The highest BCUT2D eigenvalue weighted by molar-refractivity contribution is 5.03. The summed E-state index contributed by atoms with van der Waals surface area (Å²) in [6.07, 6.45) is 15.2. The minimum Gasteiger partial charge on any atom is -0.0851 e. The van der Waals surface area contributed by atoms with Gasteiger partial charge in [-0.1, -0.05) is 45.3 Å². The van der Waals surface area contributed by atoms with Gasteiger partial charge in [-0.2, -0.15) is 0 Å². The Bertz CT molecular complexity index is 216. The number of allylic oxidation sites excluding steroid dienone is 2. The predicted molar refractivity (Wildman–Crippen MR) is 62.2 cm³/mol. The van der Waals surface area contributed by atoms with E-state index in [-0.39, 0.29) is 0 Å². The third-order valence-electron chi connectivity index (χ3n) is 4.23. The van der Waals surface area contributed by atoms with Crippen molar-refractivity contribution in [3.05, 3.63) is 12.2 Å². The molecule has 0 aromatic carbocycles. The summed E-state index contributed by atoms with van der Waals surface area (Å²) in [6, 6.07) is 0. The van der Waals surface area contributed by atoms with E-state index >= 15 is 0 Å². The summed E-state index contributed by atoms with van der Waals surface area (Å²) in [6.45, 7) is 4.83. The molecule has 0 radical (unpaired) electrons. The predicted octanol–water partition coefficient (Wildman–Crippen LogP) is 4.56. The van der Waals surface area contributed by atoms with E-state index in [1.807, 2.05) is 0 Å². The number of hydrogen-bond donors (Lipinski definition) is 0. The molecular formula is C14H24. The van der Waals surface area contributed by atoms with Gasteiger partial charge in [-0.05, 0) is 42.9 Å². The van der Waals surface area contributed by atoms with Crippen LogP contribution in [0.4, 0.5) is 0 Å². The third kappa shape index (κ3) is 2.40. The molecule has 0 heteroatoms. The molecule has 0 saturated heterocycles. The standard InChI is InChI=1S/C14H24/c1-12-5-3-4-6-13-8-10-14(2,11-13)9-7-12/h7,9,12-13H,3-6,8,10-11H2,1-2H3/b9-7-/t12-,13?,14?/m0/s1. The average molecular weight is 192 g/mol. The first-order valence-electron chi connectivity index (χ1n) is 6.37. The van der Waals surface area contributed by atoms with Crippen molar-refractivity contribution in [1.82, 2.24) is 0 Å². The molecule has 14 heavy (non-hydrogen) atoms. The fourth-order valence-corrected chi connectivity index (χ4v) is 3.19. The highest BCUT2D eigenvalue weighted by atomic mass is 14.4. The second kappa shape index (κ2) is 4.08. The number of hydrogen-bond acceptors (Lipinski definition) is 0. The van der Waals surface area contributed by atoms with Crippen LogP contribution in [-0.2, 0) is 0 Å². The van der Waals surface area contributed by atoms with E-state index < -0.39 is 0 Å². The second-order valence-electron chi connectivity index (χ2n) is 5.88. The lowest BCUT2D eigenvalue weighted by molar-refractivity contribution is 0.382. The van der Waals surface area contributed by atoms with E-state index in [0.29, 0.717) is 5.41 Å². The summed E-state index contributed by atoms with van der Waals surface area (Å²) >= 11 is 0. The molecule has 1 saturated carbocycles. The van der Waals surface area contributed by atoms with E-state index in [1.54, 1.807) is 0 Å². The Morgan fingerprint density at radius 1 is 1.14 bits per heavy atom. The topological polar surface area (TPSA) is 0 Å². The molecule has 80 valence electrons. The first kappa shape index (κ1) is 10.3. The first-order valence-corrected chi connectivity index (χ1v) is 6.37. The van der Waals surface area contributed by atoms with Crippen molar-refractivity contribution in [3.63, 3.8) is 0 Å². The van der Waals surface area contributed by atoms with E-state index in [1.165, 1.54) is 44.9 Å². The maximum Gasteiger partial charge on any atom is -0.0144 e. The summed E-state index contributed by atoms with van der Waals surface area (Å²) in [5, 5.41) is 0. The van der Waals surface area contributed by atoms with Crippen LogP contribution in [0.25, 0.3) is 0 Å². The molecular weight excluding hydrogens is 168 g/mol. The Hall–Kier alpha value is -0.260. The Labute approximate surface area is 88.8 Å². The van der Waals surface area contributed by atoms with Gasteiger partial charge in [0.25, 0.3) is 0 Å². The van der Waals surface area contributed by atoms with Gasteiger partial charge in [0, 0.05) is 0 Å². The van der Waals surface area contributed by atoms with Gasteiger partial charge in [0.2, 0.25) is 0 Å². The summed E-state index contributed by atoms with van der Waals surface area (Å²) in [5.74, 6) is 1.85. The maximum absolute atomic E-state index is 2.53. The van der Waals surface area contributed by atoms with Gasteiger partial charge < -0.3 is 0 Å². The van der Waals surface area contributed by atoms with Crippen LogP contribution < -0.4 is 0 Å². The van der Waals surface area contributed by atoms with Crippen molar-refractivity contribution in [2.24, 2.45) is 17.3 Å². The fraction of sp³-hybridized carbons (Fsp3) is 0.857. The smallest absolute Gasteiger partial charge is 0.0144 e. The normalized spacial score (nSPS) is 46.1. The lowest BCUT2D eigenvalue weighted by atomic mass is 9.84. The van der Waals surface area contributed by atoms with Crippen LogP contribution in [0.15, 0.2) is 12.2 Å². The molecule has 0 nitrogen and oxygen atoms in total. The number of fused-ring (bicyclic) bond motifs is 2. The molecule has 2 bridgehead atoms. The molecule has 2 unspecified atom stereocenters. The molecule has 0 aromatic heterocycles. The van der Waals surface area contributed by atoms with Crippen LogP contribution in [0.3, 0.4) is 0 Å². The van der Waals surface area contributed by atoms with Crippen LogP contribution >= 0.6 is 0 Å². The SMILES string of the molecule is C[C@@H]1/C=C\C2(C)CCC(CCCC1)C2.